The number of hydrogen-bond acceptors (Lipinski definition) is 4. The number of halogens is 1. The van der Waals surface area contributed by atoms with E-state index in [0.29, 0.717) is 18.5 Å². The van der Waals surface area contributed by atoms with Crippen LogP contribution in [-0.2, 0) is 13.1 Å². The van der Waals surface area contributed by atoms with E-state index in [1.54, 1.807) is 6.07 Å². The van der Waals surface area contributed by atoms with Crippen molar-refractivity contribution in [3.63, 3.8) is 0 Å². The predicted molar refractivity (Wildman–Crippen MR) is 120 cm³/mol. The number of nitrogens with zero attached hydrogens (tertiary/aromatic N) is 3. The third kappa shape index (κ3) is 4.67. The Kier molecular flexibility index (Phi) is 5.76. The number of pyridine rings is 1. The summed E-state index contributed by atoms with van der Waals surface area (Å²) in [4.78, 5) is 11.8. The molecule has 31 heavy (non-hydrogen) atoms. The maximum absolute atomic E-state index is 13.5. The summed E-state index contributed by atoms with van der Waals surface area (Å²) in [5, 5.41) is 0.829. The molecule has 4 nitrogen and oxygen atoms in total. The van der Waals surface area contributed by atoms with Gasteiger partial charge in [0.1, 0.15) is 11.6 Å². The van der Waals surface area contributed by atoms with Gasteiger partial charge in [-0.3, -0.25) is 9.88 Å². The largest absolute Gasteiger partial charge is 0.440 e. The standard InChI is InChI=1S/C26H26FN3O/c27-21-12-14-25-20(15-21)11-13-22(29-25)17-30(23-9-5-2-6-10-23)18-24-16-28-26(31-24)19-7-3-1-4-8-19/h1,3-4,7-8,11-16,23H,2,5-6,9-10,17-18H2. The second-order valence-electron chi connectivity index (χ2n) is 8.33. The fraction of sp³-hybridized carbons (Fsp3) is 0.308. The van der Waals surface area contributed by atoms with Crippen LogP contribution in [0, 0.1) is 5.82 Å². The molecule has 0 saturated heterocycles. The second kappa shape index (κ2) is 8.98. The van der Waals surface area contributed by atoms with Crippen LogP contribution < -0.4 is 0 Å². The van der Waals surface area contributed by atoms with Crippen LogP contribution in [0.25, 0.3) is 22.4 Å². The van der Waals surface area contributed by atoms with Gasteiger partial charge in [-0.1, -0.05) is 43.5 Å². The predicted octanol–water partition coefficient (Wildman–Crippen LogP) is 6.36. The van der Waals surface area contributed by atoms with Gasteiger partial charge in [0, 0.05) is 23.5 Å². The molecule has 2 aromatic carbocycles. The Morgan fingerprint density at radius 2 is 1.77 bits per heavy atom. The van der Waals surface area contributed by atoms with Gasteiger partial charge in [0.05, 0.1) is 24.0 Å². The lowest BCUT2D eigenvalue weighted by Crippen LogP contribution is -2.36. The summed E-state index contributed by atoms with van der Waals surface area (Å²) in [5.41, 5.74) is 2.81. The Balaban J connectivity index is 1.38. The summed E-state index contributed by atoms with van der Waals surface area (Å²) in [6, 6.07) is 19.2. The first-order chi connectivity index (χ1) is 15.2. The van der Waals surface area contributed by atoms with Crippen molar-refractivity contribution in [2.45, 2.75) is 51.2 Å². The average molecular weight is 416 g/mol. The Labute approximate surface area is 181 Å². The zero-order valence-electron chi connectivity index (χ0n) is 17.5. The topological polar surface area (TPSA) is 42.2 Å². The van der Waals surface area contributed by atoms with E-state index >= 15 is 0 Å². The van der Waals surface area contributed by atoms with Crippen LogP contribution in [0.2, 0.25) is 0 Å². The normalized spacial score (nSPS) is 15.0. The lowest BCUT2D eigenvalue weighted by Gasteiger charge is -2.33. The number of fused-ring (bicyclic) bond motifs is 1. The number of rotatable bonds is 6. The lowest BCUT2D eigenvalue weighted by atomic mass is 9.94. The quantitative estimate of drug-likeness (QED) is 0.367. The van der Waals surface area contributed by atoms with Gasteiger partial charge in [0.25, 0.3) is 0 Å². The minimum absolute atomic E-state index is 0.231. The highest BCUT2D eigenvalue weighted by Crippen LogP contribution is 2.27. The van der Waals surface area contributed by atoms with Crippen LogP contribution in [0.3, 0.4) is 0 Å². The fourth-order valence-electron chi connectivity index (χ4n) is 4.49. The van der Waals surface area contributed by atoms with Crippen LogP contribution in [0.5, 0.6) is 0 Å². The maximum atomic E-state index is 13.5. The Bertz CT molecular complexity index is 1150. The monoisotopic (exact) mass is 415 g/mol. The summed E-state index contributed by atoms with van der Waals surface area (Å²) >= 11 is 0. The van der Waals surface area contributed by atoms with Crippen molar-refractivity contribution in [3.05, 3.63) is 84.1 Å². The van der Waals surface area contributed by atoms with Gasteiger partial charge < -0.3 is 4.42 Å². The molecular formula is C26H26FN3O. The van der Waals surface area contributed by atoms with Crippen LogP contribution in [-0.4, -0.2) is 20.9 Å². The molecule has 1 aliphatic carbocycles. The fourth-order valence-corrected chi connectivity index (χ4v) is 4.49. The summed E-state index contributed by atoms with van der Waals surface area (Å²) in [5.74, 6) is 1.29. The molecule has 4 aromatic rings. The van der Waals surface area contributed by atoms with Crippen LogP contribution in [0.1, 0.15) is 43.6 Å². The first kappa shape index (κ1) is 19.9. The molecule has 5 rings (SSSR count). The summed E-state index contributed by atoms with van der Waals surface area (Å²) in [6.45, 7) is 1.44. The molecule has 5 heteroatoms. The SMILES string of the molecule is Fc1ccc2nc(CN(Cc3cnc(-c4ccccc4)o3)C3CCCCC3)ccc2c1. The van der Waals surface area contributed by atoms with Crippen molar-refractivity contribution in [1.82, 2.24) is 14.9 Å². The molecule has 0 bridgehead atoms. The first-order valence-electron chi connectivity index (χ1n) is 11.0. The molecule has 1 aliphatic rings. The minimum Gasteiger partial charge on any atom is -0.440 e. The Morgan fingerprint density at radius 1 is 0.935 bits per heavy atom. The van der Waals surface area contributed by atoms with Gasteiger partial charge in [-0.15, -0.1) is 0 Å². The third-order valence-corrected chi connectivity index (χ3v) is 6.10. The van der Waals surface area contributed by atoms with Gasteiger partial charge >= 0.3 is 0 Å². The van der Waals surface area contributed by atoms with Crippen molar-refractivity contribution >= 4 is 10.9 Å². The number of aromatic nitrogens is 2. The average Bonchev–Trinajstić information content (AvgIpc) is 3.28. The van der Waals surface area contributed by atoms with Crippen LogP contribution >= 0.6 is 0 Å². The molecule has 0 amide bonds. The van der Waals surface area contributed by atoms with E-state index in [1.807, 2.05) is 48.7 Å². The molecule has 0 unspecified atom stereocenters. The molecular weight excluding hydrogens is 389 g/mol. The third-order valence-electron chi connectivity index (χ3n) is 6.10. The summed E-state index contributed by atoms with van der Waals surface area (Å²) in [6.07, 6.45) is 8.06. The maximum Gasteiger partial charge on any atom is 0.226 e. The first-order valence-corrected chi connectivity index (χ1v) is 11.0. The summed E-state index contributed by atoms with van der Waals surface area (Å²) in [7, 11) is 0. The van der Waals surface area contributed by atoms with Gasteiger partial charge in [-0.25, -0.2) is 9.37 Å². The Morgan fingerprint density at radius 3 is 2.61 bits per heavy atom. The molecule has 0 spiro atoms. The van der Waals surface area contributed by atoms with E-state index in [1.165, 1.54) is 44.2 Å². The van der Waals surface area contributed by atoms with Crippen molar-refractivity contribution in [1.29, 1.82) is 0 Å². The summed E-state index contributed by atoms with van der Waals surface area (Å²) < 4.78 is 19.6. The van der Waals surface area contributed by atoms with Crippen molar-refractivity contribution < 1.29 is 8.81 Å². The molecule has 2 aromatic heterocycles. The van der Waals surface area contributed by atoms with Gasteiger partial charge in [0.2, 0.25) is 5.89 Å². The second-order valence-corrected chi connectivity index (χ2v) is 8.33. The molecule has 0 radical (unpaired) electrons. The van der Waals surface area contributed by atoms with Crippen molar-refractivity contribution in [3.8, 4) is 11.5 Å². The molecule has 0 aliphatic heterocycles. The number of hydrogen-bond donors (Lipinski definition) is 0. The lowest BCUT2D eigenvalue weighted by molar-refractivity contribution is 0.129. The van der Waals surface area contributed by atoms with Gasteiger partial charge in [0.15, 0.2) is 0 Å². The van der Waals surface area contributed by atoms with E-state index < -0.39 is 0 Å². The number of benzene rings is 2. The highest BCUT2D eigenvalue weighted by atomic mass is 19.1. The van der Waals surface area contributed by atoms with E-state index in [0.717, 1.165) is 34.5 Å². The van der Waals surface area contributed by atoms with E-state index in [4.69, 9.17) is 9.40 Å². The van der Waals surface area contributed by atoms with Gasteiger partial charge in [-0.2, -0.15) is 0 Å². The molecule has 1 fully saturated rings. The van der Waals surface area contributed by atoms with Crippen molar-refractivity contribution in [2.24, 2.45) is 0 Å². The molecule has 1 saturated carbocycles. The van der Waals surface area contributed by atoms with Crippen molar-refractivity contribution in [2.75, 3.05) is 0 Å². The Hall–Kier alpha value is -3.05. The highest BCUT2D eigenvalue weighted by molar-refractivity contribution is 5.78. The zero-order chi connectivity index (χ0) is 21.0. The molecule has 0 atom stereocenters. The molecule has 158 valence electrons. The molecule has 0 N–H and O–H groups in total. The number of oxazole rings is 1. The van der Waals surface area contributed by atoms with Crippen LogP contribution in [0.4, 0.5) is 4.39 Å². The van der Waals surface area contributed by atoms with E-state index in [-0.39, 0.29) is 5.82 Å². The smallest absolute Gasteiger partial charge is 0.226 e. The van der Waals surface area contributed by atoms with Crippen LogP contribution in [0.15, 0.2) is 71.3 Å². The van der Waals surface area contributed by atoms with E-state index in [2.05, 4.69) is 9.88 Å². The van der Waals surface area contributed by atoms with E-state index in [9.17, 15) is 4.39 Å². The minimum atomic E-state index is -0.231. The highest BCUT2D eigenvalue weighted by Gasteiger charge is 2.23. The zero-order valence-corrected chi connectivity index (χ0v) is 17.5. The molecule has 2 heterocycles. The van der Waals surface area contributed by atoms with Gasteiger partial charge in [-0.05, 0) is 49.2 Å².